The Morgan fingerprint density at radius 1 is 1.73 bits per heavy atom. The largest absolute Gasteiger partial charge is 0.386 e. The van der Waals surface area contributed by atoms with Crippen LogP contribution in [0.1, 0.15) is 26.7 Å². The highest BCUT2D eigenvalue weighted by atomic mass is 16.3. The summed E-state index contributed by atoms with van der Waals surface area (Å²) in [5.74, 6) is 0.338. The average Bonchev–Trinajstić information content (AvgIpc) is 2.09. The molecule has 1 nitrogen and oxygen atoms in total. The van der Waals surface area contributed by atoms with Gasteiger partial charge in [-0.2, -0.15) is 0 Å². The Hall–Kier alpha value is -0.560. The van der Waals surface area contributed by atoms with Gasteiger partial charge in [-0.15, -0.1) is 0 Å². The molecule has 0 heterocycles. The van der Waals surface area contributed by atoms with Gasteiger partial charge in [0.15, 0.2) is 0 Å². The van der Waals surface area contributed by atoms with E-state index >= 15 is 0 Å². The molecule has 0 aliphatic heterocycles. The highest BCUT2D eigenvalue weighted by Gasteiger charge is 2.36. The highest BCUT2D eigenvalue weighted by molar-refractivity contribution is 5.27. The Bertz CT molecular complexity index is 201. The van der Waals surface area contributed by atoms with E-state index in [4.69, 9.17) is 0 Å². The van der Waals surface area contributed by atoms with E-state index in [1.165, 1.54) is 0 Å². The third kappa shape index (κ3) is 1.38. The number of hydrogen-bond donors (Lipinski definition) is 1. The molecule has 0 saturated heterocycles. The molecule has 2 atom stereocenters. The van der Waals surface area contributed by atoms with Gasteiger partial charge in [0.05, 0.1) is 5.60 Å². The van der Waals surface area contributed by atoms with Gasteiger partial charge >= 0.3 is 0 Å². The zero-order chi connectivity index (χ0) is 8.65. The van der Waals surface area contributed by atoms with E-state index in [0.29, 0.717) is 5.92 Å². The summed E-state index contributed by atoms with van der Waals surface area (Å²) in [5, 5.41) is 9.74. The third-order valence-corrected chi connectivity index (χ3v) is 2.63. The number of rotatable bonds is 1. The van der Waals surface area contributed by atoms with E-state index in [0.717, 1.165) is 24.0 Å². The minimum absolute atomic E-state index is 0.338. The van der Waals surface area contributed by atoms with Gasteiger partial charge < -0.3 is 5.11 Å². The van der Waals surface area contributed by atoms with Crippen LogP contribution in [0.4, 0.5) is 0 Å². The van der Waals surface area contributed by atoms with Crippen molar-refractivity contribution in [1.82, 2.24) is 0 Å². The lowest BCUT2D eigenvalue weighted by atomic mass is 9.92. The molecule has 0 unspecified atom stereocenters. The molecule has 1 rings (SSSR count). The lowest BCUT2D eigenvalue weighted by molar-refractivity contribution is 0.106. The molecular weight excluding hydrogens is 136 g/mol. The van der Waals surface area contributed by atoms with Crippen LogP contribution in [0.2, 0.25) is 0 Å². The molecule has 0 aromatic carbocycles. The standard InChI is InChI=1S/C10H16O/c1-7(2)9-5-6-10(4,11)8(9)3/h9,11H,1,3,5-6H2,2,4H3/t9-,10-/m0/s1. The van der Waals surface area contributed by atoms with E-state index in [1.54, 1.807) is 0 Å². The fourth-order valence-corrected chi connectivity index (χ4v) is 1.68. The van der Waals surface area contributed by atoms with E-state index in [-0.39, 0.29) is 0 Å². The fourth-order valence-electron chi connectivity index (χ4n) is 1.68. The van der Waals surface area contributed by atoms with Crippen LogP contribution in [-0.2, 0) is 0 Å². The summed E-state index contributed by atoms with van der Waals surface area (Å²) in [5.41, 5.74) is 1.40. The first-order chi connectivity index (χ1) is 4.95. The van der Waals surface area contributed by atoms with Crippen LogP contribution < -0.4 is 0 Å². The summed E-state index contributed by atoms with van der Waals surface area (Å²) in [6, 6.07) is 0. The summed E-state index contributed by atoms with van der Waals surface area (Å²) in [6.07, 6.45) is 1.82. The van der Waals surface area contributed by atoms with Crippen LogP contribution in [0.3, 0.4) is 0 Å². The minimum atomic E-state index is -0.649. The monoisotopic (exact) mass is 152 g/mol. The zero-order valence-electron chi connectivity index (χ0n) is 7.35. The molecular formula is C10H16O. The Balaban J connectivity index is 2.79. The van der Waals surface area contributed by atoms with Crippen LogP contribution in [0.15, 0.2) is 24.3 Å². The fraction of sp³-hybridized carbons (Fsp3) is 0.600. The van der Waals surface area contributed by atoms with E-state index in [1.807, 2.05) is 13.8 Å². The van der Waals surface area contributed by atoms with Crippen molar-refractivity contribution in [3.8, 4) is 0 Å². The maximum atomic E-state index is 9.74. The molecule has 0 radical (unpaired) electrons. The molecule has 1 aliphatic carbocycles. The Kier molecular flexibility index (Phi) is 1.93. The molecule has 1 fully saturated rings. The highest BCUT2D eigenvalue weighted by Crippen LogP contribution is 2.41. The van der Waals surface area contributed by atoms with Crippen molar-refractivity contribution in [2.24, 2.45) is 5.92 Å². The van der Waals surface area contributed by atoms with Crippen LogP contribution in [-0.4, -0.2) is 10.7 Å². The first-order valence-electron chi connectivity index (χ1n) is 4.02. The number of hydrogen-bond acceptors (Lipinski definition) is 1. The smallest absolute Gasteiger partial charge is 0.0832 e. The topological polar surface area (TPSA) is 20.2 Å². The van der Waals surface area contributed by atoms with Gasteiger partial charge in [-0.3, -0.25) is 0 Å². The molecule has 62 valence electrons. The van der Waals surface area contributed by atoms with Gasteiger partial charge in [0.1, 0.15) is 0 Å². The SMILES string of the molecule is C=C(C)[C@@H]1CC[C@](C)(O)C1=C. The predicted octanol–water partition coefficient (Wildman–Crippen LogP) is 2.28. The van der Waals surface area contributed by atoms with Crippen LogP contribution in [0.25, 0.3) is 0 Å². The van der Waals surface area contributed by atoms with Gasteiger partial charge in [-0.05, 0) is 32.3 Å². The average molecular weight is 152 g/mol. The first kappa shape index (κ1) is 8.54. The predicted molar refractivity (Wildman–Crippen MR) is 47.3 cm³/mol. The lowest BCUT2D eigenvalue weighted by Crippen LogP contribution is -2.22. The molecule has 1 aliphatic rings. The van der Waals surface area contributed by atoms with Crippen molar-refractivity contribution >= 4 is 0 Å². The summed E-state index contributed by atoms with van der Waals surface area (Å²) in [7, 11) is 0. The molecule has 0 amide bonds. The van der Waals surface area contributed by atoms with E-state index < -0.39 is 5.60 Å². The number of allylic oxidation sites excluding steroid dienone is 1. The quantitative estimate of drug-likeness (QED) is 0.571. The Morgan fingerprint density at radius 3 is 2.45 bits per heavy atom. The normalized spacial score (nSPS) is 37.7. The number of aliphatic hydroxyl groups is 1. The maximum Gasteiger partial charge on any atom is 0.0832 e. The van der Waals surface area contributed by atoms with Crippen LogP contribution in [0.5, 0.6) is 0 Å². The molecule has 1 saturated carbocycles. The van der Waals surface area contributed by atoms with Gasteiger partial charge in [-0.25, -0.2) is 0 Å². The molecule has 0 aromatic heterocycles. The zero-order valence-corrected chi connectivity index (χ0v) is 7.35. The van der Waals surface area contributed by atoms with Gasteiger partial charge in [-0.1, -0.05) is 18.7 Å². The van der Waals surface area contributed by atoms with E-state index in [9.17, 15) is 5.11 Å². The maximum absolute atomic E-state index is 9.74. The van der Waals surface area contributed by atoms with E-state index in [2.05, 4.69) is 13.2 Å². The van der Waals surface area contributed by atoms with Gasteiger partial charge in [0.25, 0.3) is 0 Å². The second-order valence-corrected chi connectivity index (χ2v) is 3.74. The lowest BCUT2D eigenvalue weighted by Gasteiger charge is -2.20. The Morgan fingerprint density at radius 2 is 2.27 bits per heavy atom. The molecule has 11 heavy (non-hydrogen) atoms. The van der Waals surface area contributed by atoms with Crippen LogP contribution in [0, 0.1) is 5.92 Å². The molecule has 0 aromatic rings. The molecule has 1 heteroatoms. The second kappa shape index (κ2) is 2.49. The van der Waals surface area contributed by atoms with Crippen molar-refractivity contribution in [2.75, 3.05) is 0 Å². The van der Waals surface area contributed by atoms with Crippen molar-refractivity contribution in [3.63, 3.8) is 0 Å². The van der Waals surface area contributed by atoms with Crippen molar-refractivity contribution in [1.29, 1.82) is 0 Å². The first-order valence-corrected chi connectivity index (χ1v) is 4.02. The summed E-state index contributed by atoms with van der Waals surface area (Å²) < 4.78 is 0. The summed E-state index contributed by atoms with van der Waals surface area (Å²) in [6.45, 7) is 11.6. The minimum Gasteiger partial charge on any atom is -0.386 e. The second-order valence-electron chi connectivity index (χ2n) is 3.74. The molecule has 0 bridgehead atoms. The van der Waals surface area contributed by atoms with Crippen molar-refractivity contribution < 1.29 is 5.11 Å². The molecule has 0 spiro atoms. The van der Waals surface area contributed by atoms with Crippen molar-refractivity contribution in [2.45, 2.75) is 32.3 Å². The van der Waals surface area contributed by atoms with Gasteiger partial charge in [0, 0.05) is 5.92 Å². The summed E-state index contributed by atoms with van der Waals surface area (Å²) >= 11 is 0. The third-order valence-electron chi connectivity index (χ3n) is 2.63. The summed E-state index contributed by atoms with van der Waals surface area (Å²) in [4.78, 5) is 0. The van der Waals surface area contributed by atoms with Gasteiger partial charge in [0.2, 0.25) is 0 Å². The van der Waals surface area contributed by atoms with Crippen LogP contribution >= 0.6 is 0 Å². The Labute approximate surface area is 68.4 Å². The molecule has 1 N–H and O–H groups in total. The van der Waals surface area contributed by atoms with Crippen molar-refractivity contribution in [3.05, 3.63) is 24.3 Å².